The zero-order valence-corrected chi connectivity index (χ0v) is 12.8. The normalized spacial score (nSPS) is 20.6. The summed E-state index contributed by atoms with van der Waals surface area (Å²) in [5, 5.41) is 0. The third-order valence-electron chi connectivity index (χ3n) is 3.63. The van der Waals surface area contributed by atoms with Gasteiger partial charge in [0.1, 0.15) is 9.84 Å². The highest BCUT2D eigenvalue weighted by atomic mass is 35.5. The molecule has 1 saturated heterocycles. The van der Waals surface area contributed by atoms with Crippen molar-refractivity contribution in [1.82, 2.24) is 0 Å². The van der Waals surface area contributed by atoms with Crippen LogP contribution in [0, 0.1) is 0 Å². The maximum absolute atomic E-state index is 12.6. The second-order valence-corrected chi connectivity index (χ2v) is 7.69. The predicted molar refractivity (Wildman–Crippen MR) is 77.2 cm³/mol. The summed E-state index contributed by atoms with van der Waals surface area (Å²) < 4.78 is 60.6. The second-order valence-electron chi connectivity index (χ2n) is 5.39. The molecule has 21 heavy (non-hydrogen) atoms. The highest BCUT2D eigenvalue weighted by molar-refractivity contribution is 7.91. The number of nitrogens with two attached hydrogens (primary N) is 1. The Balaban J connectivity index is 0.00000220. The highest BCUT2D eigenvalue weighted by Crippen LogP contribution is 2.31. The molecule has 3 nitrogen and oxygen atoms in total. The SMILES string of the molecule is Cl.NC1(Cc2cccc(C(F)(F)F)c2)CCS(=O)(=O)CC1. The first-order valence-electron chi connectivity index (χ1n) is 6.25. The average molecular weight is 344 g/mol. The molecule has 0 radical (unpaired) electrons. The Labute approximate surface area is 128 Å². The number of rotatable bonds is 2. The van der Waals surface area contributed by atoms with Crippen molar-refractivity contribution >= 4 is 22.2 Å². The van der Waals surface area contributed by atoms with Gasteiger partial charge in [-0.2, -0.15) is 13.2 Å². The minimum atomic E-state index is -4.38. The van der Waals surface area contributed by atoms with Gasteiger partial charge in [-0.05, 0) is 30.9 Å². The molecule has 0 amide bonds. The Morgan fingerprint density at radius 1 is 1.19 bits per heavy atom. The van der Waals surface area contributed by atoms with Crippen LogP contribution in [0.2, 0.25) is 0 Å². The first kappa shape index (κ1) is 18.3. The molecule has 1 aliphatic rings. The van der Waals surface area contributed by atoms with Gasteiger partial charge in [-0.15, -0.1) is 12.4 Å². The van der Waals surface area contributed by atoms with Gasteiger partial charge >= 0.3 is 6.18 Å². The van der Waals surface area contributed by atoms with Crippen LogP contribution in [0.1, 0.15) is 24.0 Å². The van der Waals surface area contributed by atoms with Crippen LogP contribution in [0.15, 0.2) is 24.3 Å². The maximum atomic E-state index is 12.6. The molecule has 0 aliphatic carbocycles. The molecule has 0 aromatic heterocycles. The molecule has 0 atom stereocenters. The molecule has 1 aromatic carbocycles. The quantitative estimate of drug-likeness (QED) is 0.897. The van der Waals surface area contributed by atoms with E-state index in [1.54, 1.807) is 6.07 Å². The summed E-state index contributed by atoms with van der Waals surface area (Å²) in [4.78, 5) is 0. The minimum Gasteiger partial charge on any atom is -0.325 e. The van der Waals surface area contributed by atoms with E-state index in [0.717, 1.165) is 12.1 Å². The molecular weight excluding hydrogens is 327 g/mol. The second kappa shape index (κ2) is 6.14. The monoisotopic (exact) mass is 343 g/mol. The molecule has 1 fully saturated rings. The van der Waals surface area contributed by atoms with Crippen molar-refractivity contribution in [2.75, 3.05) is 11.5 Å². The van der Waals surface area contributed by atoms with E-state index < -0.39 is 27.1 Å². The fourth-order valence-corrected chi connectivity index (χ4v) is 4.02. The van der Waals surface area contributed by atoms with Crippen molar-refractivity contribution in [3.05, 3.63) is 35.4 Å². The smallest absolute Gasteiger partial charge is 0.325 e. The van der Waals surface area contributed by atoms with Crippen molar-refractivity contribution in [2.45, 2.75) is 31.0 Å². The lowest BCUT2D eigenvalue weighted by atomic mass is 9.86. The summed E-state index contributed by atoms with van der Waals surface area (Å²) in [5.74, 6) is 0.00488. The Morgan fingerprint density at radius 2 is 1.76 bits per heavy atom. The van der Waals surface area contributed by atoms with E-state index in [0.29, 0.717) is 5.56 Å². The molecule has 120 valence electrons. The van der Waals surface area contributed by atoms with E-state index in [1.807, 2.05) is 0 Å². The molecule has 0 saturated carbocycles. The summed E-state index contributed by atoms with van der Waals surface area (Å²) in [6.45, 7) is 0. The molecular formula is C13H17ClF3NO2S. The third-order valence-corrected chi connectivity index (χ3v) is 5.28. The van der Waals surface area contributed by atoms with Crippen molar-refractivity contribution in [3.63, 3.8) is 0 Å². The summed E-state index contributed by atoms with van der Waals surface area (Å²) in [6, 6.07) is 5.03. The topological polar surface area (TPSA) is 60.2 Å². The molecule has 0 bridgehead atoms. The molecule has 8 heteroatoms. The first-order valence-corrected chi connectivity index (χ1v) is 8.07. The lowest BCUT2D eigenvalue weighted by Gasteiger charge is -2.33. The number of sulfone groups is 1. The molecule has 2 N–H and O–H groups in total. The van der Waals surface area contributed by atoms with Crippen LogP contribution >= 0.6 is 12.4 Å². The minimum absolute atomic E-state index is 0. The van der Waals surface area contributed by atoms with Gasteiger partial charge in [0.05, 0.1) is 17.1 Å². The Bertz CT molecular complexity index is 588. The number of benzene rings is 1. The zero-order chi connectivity index (χ0) is 15.0. The van der Waals surface area contributed by atoms with Gasteiger partial charge in [-0.25, -0.2) is 8.42 Å². The summed E-state index contributed by atoms with van der Waals surface area (Å²) in [7, 11) is -3.04. The van der Waals surface area contributed by atoms with Crippen molar-refractivity contribution in [2.24, 2.45) is 5.73 Å². The van der Waals surface area contributed by atoms with Crippen LogP contribution in [0.4, 0.5) is 13.2 Å². The van der Waals surface area contributed by atoms with Crippen LogP contribution in [-0.2, 0) is 22.4 Å². The molecule has 1 heterocycles. The van der Waals surface area contributed by atoms with Crippen molar-refractivity contribution in [3.8, 4) is 0 Å². The summed E-state index contributed by atoms with van der Waals surface area (Å²) >= 11 is 0. The lowest BCUT2D eigenvalue weighted by molar-refractivity contribution is -0.137. The lowest BCUT2D eigenvalue weighted by Crippen LogP contribution is -2.48. The Kier molecular flexibility index (Phi) is 5.34. The van der Waals surface area contributed by atoms with E-state index in [-0.39, 0.29) is 43.2 Å². The van der Waals surface area contributed by atoms with Crippen LogP contribution in [0.5, 0.6) is 0 Å². The molecule has 2 rings (SSSR count). The fraction of sp³-hybridized carbons (Fsp3) is 0.538. The summed E-state index contributed by atoms with van der Waals surface area (Å²) in [5.41, 5.74) is 5.17. The van der Waals surface area contributed by atoms with Gasteiger partial charge in [-0.1, -0.05) is 18.2 Å². The number of hydrogen-bond donors (Lipinski definition) is 1. The van der Waals surface area contributed by atoms with Gasteiger partial charge in [0.15, 0.2) is 0 Å². The number of alkyl halides is 3. The highest BCUT2D eigenvalue weighted by Gasteiger charge is 2.35. The summed E-state index contributed by atoms with van der Waals surface area (Å²) in [6.07, 6.45) is -3.56. The van der Waals surface area contributed by atoms with Gasteiger partial charge in [0.2, 0.25) is 0 Å². The fourth-order valence-electron chi connectivity index (χ4n) is 2.39. The van der Waals surface area contributed by atoms with Gasteiger partial charge in [0, 0.05) is 5.54 Å². The van der Waals surface area contributed by atoms with E-state index in [9.17, 15) is 21.6 Å². The first-order chi connectivity index (χ1) is 9.10. The standard InChI is InChI=1S/C13H16F3NO2S.ClH/c14-13(15,16)11-3-1-2-10(8-11)9-12(17)4-6-20(18,19)7-5-12;/h1-3,8H,4-7,9,17H2;1H. The molecule has 1 aliphatic heterocycles. The van der Waals surface area contributed by atoms with Crippen molar-refractivity contribution < 1.29 is 21.6 Å². The number of hydrogen-bond acceptors (Lipinski definition) is 3. The van der Waals surface area contributed by atoms with E-state index >= 15 is 0 Å². The van der Waals surface area contributed by atoms with Gasteiger partial charge in [0.25, 0.3) is 0 Å². The van der Waals surface area contributed by atoms with Crippen molar-refractivity contribution in [1.29, 1.82) is 0 Å². The average Bonchev–Trinajstić information content (AvgIpc) is 2.33. The van der Waals surface area contributed by atoms with E-state index in [4.69, 9.17) is 5.73 Å². The van der Waals surface area contributed by atoms with Gasteiger partial charge < -0.3 is 5.73 Å². The zero-order valence-electron chi connectivity index (χ0n) is 11.2. The van der Waals surface area contributed by atoms with Crippen LogP contribution in [0.25, 0.3) is 0 Å². The largest absolute Gasteiger partial charge is 0.416 e. The third kappa shape index (κ3) is 4.86. The maximum Gasteiger partial charge on any atom is 0.416 e. The molecule has 0 spiro atoms. The molecule has 0 unspecified atom stereocenters. The van der Waals surface area contributed by atoms with Crippen LogP contribution in [0.3, 0.4) is 0 Å². The number of halogens is 4. The molecule has 1 aromatic rings. The van der Waals surface area contributed by atoms with Gasteiger partial charge in [-0.3, -0.25) is 0 Å². The van der Waals surface area contributed by atoms with E-state index in [2.05, 4.69) is 0 Å². The van der Waals surface area contributed by atoms with E-state index in [1.165, 1.54) is 6.07 Å². The Morgan fingerprint density at radius 3 is 2.29 bits per heavy atom. The van der Waals surface area contributed by atoms with Crippen LogP contribution in [-0.4, -0.2) is 25.5 Å². The predicted octanol–water partition coefficient (Wildman–Crippen LogP) is 2.58. The Hall–Kier alpha value is -0.790. The van der Waals surface area contributed by atoms with Crippen LogP contribution < -0.4 is 5.73 Å².